The number of esters is 2. The zero-order valence-corrected chi connectivity index (χ0v) is 22.8. The maximum Gasteiger partial charge on any atom is 0.348 e. The Labute approximate surface area is 224 Å². The maximum absolute atomic E-state index is 14.2. The molecule has 4 aliphatic rings. The highest BCUT2D eigenvalue weighted by Crippen LogP contribution is 2.63. The van der Waals surface area contributed by atoms with Crippen LogP contribution in [-0.2, 0) is 23.8 Å². The summed E-state index contributed by atoms with van der Waals surface area (Å²) in [7, 11) is 0. The molecule has 1 aromatic heterocycles. The Balaban J connectivity index is 1.82. The van der Waals surface area contributed by atoms with Crippen LogP contribution >= 0.6 is 11.3 Å². The number of Topliss-reactive ketones (excluding diaryl/α,β-unsaturated/α-hetero) is 1. The van der Waals surface area contributed by atoms with Gasteiger partial charge in [-0.2, -0.15) is 0 Å². The van der Waals surface area contributed by atoms with E-state index in [0.717, 1.165) is 11.3 Å². The fraction of sp³-hybridized carbons (Fsp3) is 0.667. The molecule has 2 heterocycles. The summed E-state index contributed by atoms with van der Waals surface area (Å²) >= 11 is 1.13. The van der Waals surface area contributed by atoms with Gasteiger partial charge in [-0.1, -0.05) is 19.9 Å². The van der Waals surface area contributed by atoms with Crippen LogP contribution < -0.4 is 0 Å². The molecule has 2 bridgehead atoms. The second-order valence-corrected chi connectivity index (χ2v) is 12.7. The van der Waals surface area contributed by atoms with E-state index < -0.39 is 76.2 Å². The van der Waals surface area contributed by atoms with Gasteiger partial charge in [0.1, 0.15) is 28.8 Å². The largest absolute Gasteiger partial charge is 0.455 e. The fourth-order valence-corrected chi connectivity index (χ4v) is 8.08. The van der Waals surface area contributed by atoms with Crippen molar-refractivity contribution in [1.82, 2.24) is 0 Å². The number of hydrogen-bond acceptors (Lipinski definition) is 11. The summed E-state index contributed by atoms with van der Waals surface area (Å²) in [4.78, 5) is 40.3. The van der Waals surface area contributed by atoms with E-state index in [2.05, 4.69) is 0 Å². The van der Waals surface area contributed by atoms with E-state index in [9.17, 15) is 34.8 Å². The van der Waals surface area contributed by atoms with Crippen LogP contribution in [0.1, 0.15) is 57.1 Å². The number of aliphatic hydroxyl groups is 4. The smallest absolute Gasteiger partial charge is 0.348 e. The molecule has 3 fully saturated rings. The molecular weight excluding hydrogens is 516 g/mol. The van der Waals surface area contributed by atoms with Gasteiger partial charge in [-0.05, 0) is 36.4 Å². The van der Waals surface area contributed by atoms with Gasteiger partial charge in [0.2, 0.25) is 0 Å². The van der Waals surface area contributed by atoms with Crippen molar-refractivity contribution in [1.29, 1.82) is 0 Å². The van der Waals surface area contributed by atoms with Crippen molar-refractivity contribution in [3.63, 3.8) is 0 Å². The average molecular weight is 551 g/mol. The third-order valence-electron chi connectivity index (χ3n) is 9.66. The third-order valence-corrected chi connectivity index (χ3v) is 10.5. The van der Waals surface area contributed by atoms with E-state index >= 15 is 0 Å². The van der Waals surface area contributed by atoms with Crippen molar-refractivity contribution in [3.05, 3.63) is 33.5 Å². The molecule has 3 aliphatic carbocycles. The first kappa shape index (κ1) is 27.4. The lowest BCUT2D eigenvalue weighted by molar-refractivity contribution is -0.345. The van der Waals surface area contributed by atoms with Gasteiger partial charge < -0.3 is 34.6 Å². The van der Waals surface area contributed by atoms with Crippen molar-refractivity contribution in [2.24, 2.45) is 16.7 Å². The minimum absolute atomic E-state index is 0.0766. The van der Waals surface area contributed by atoms with Gasteiger partial charge in [-0.3, -0.25) is 9.59 Å². The van der Waals surface area contributed by atoms with Crippen LogP contribution in [0.4, 0.5) is 0 Å². The SMILES string of the molecule is CC(=O)O[C@@]12CO[C@@H]1C[C@H](O)[C@@]1(C)C(=O)[C@H](O)C3=C(C)[C@@H](O)C[C@@](O)([C@@H](OC(=O)c4cccs4)[C@H]21)C3(C)C. The lowest BCUT2D eigenvalue weighted by Gasteiger charge is -2.67. The Morgan fingerprint density at radius 3 is 2.42 bits per heavy atom. The number of carbonyl (C=O) groups excluding carboxylic acids is 3. The molecule has 10 nitrogen and oxygen atoms in total. The van der Waals surface area contributed by atoms with Crippen molar-refractivity contribution in [3.8, 4) is 0 Å². The van der Waals surface area contributed by atoms with Crippen LogP contribution in [0.25, 0.3) is 0 Å². The summed E-state index contributed by atoms with van der Waals surface area (Å²) in [6, 6.07) is 3.22. The first-order valence-electron chi connectivity index (χ1n) is 12.7. The third kappa shape index (κ3) is 3.39. The first-order chi connectivity index (χ1) is 17.6. The fourth-order valence-electron chi connectivity index (χ4n) is 7.47. The minimum Gasteiger partial charge on any atom is -0.455 e. The monoisotopic (exact) mass is 550 g/mol. The van der Waals surface area contributed by atoms with Gasteiger partial charge in [0, 0.05) is 25.2 Å². The summed E-state index contributed by atoms with van der Waals surface area (Å²) in [6.07, 6.45) is -7.19. The van der Waals surface area contributed by atoms with Crippen molar-refractivity contribution in [2.45, 2.75) is 89.2 Å². The van der Waals surface area contributed by atoms with Crippen molar-refractivity contribution in [2.75, 3.05) is 6.61 Å². The van der Waals surface area contributed by atoms with Crippen molar-refractivity contribution < 1.29 is 49.0 Å². The molecule has 208 valence electrons. The highest BCUT2D eigenvalue weighted by atomic mass is 32.1. The Bertz CT molecular complexity index is 1210. The summed E-state index contributed by atoms with van der Waals surface area (Å²) in [6.45, 7) is 7.31. The molecule has 4 N–H and O–H groups in total. The molecule has 0 amide bonds. The molecule has 2 saturated carbocycles. The lowest BCUT2D eigenvalue weighted by atomic mass is 9.44. The van der Waals surface area contributed by atoms with Crippen LogP contribution in [0.15, 0.2) is 28.7 Å². The Morgan fingerprint density at radius 1 is 1.18 bits per heavy atom. The summed E-state index contributed by atoms with van der Waals surface area (Å²) in [5.74, 6) is -3.55. The Morgan fingerprint density at radius 2 is 1.87 bits per heavy atom. The zero-order valence-electron chi connectivity index (χ0n) is 22.0. The van der Waals surface area contributed by atoms with Crippen LogP contribution in [0, 0.1) is 16.7 Å². The molecule has 0 radical (unpaired) electrons. The van der Waals surface area contributed by atoms with E-state index in [-0.39, 0.29) is 29.9 Å². The standard InChI is InChI=1S/C27H34O10S/c1-12-14(29)10-27(34)22(36-23(33)15-7-6-8-38-15)20-25(5,21(32)19(31)18(12)24(27,3)4)16(30)9-17-26(20,11-35-17)37-13(2)28/h6-8,14,16-17,19-20,22,29-31,34H,9-11H2,1-5H3/t14-,16-,17+,19+,20-,22-,25+,26-,27+/m0/s1. The number of thiophene rings is 1. The van der Waals surface area contributed by atoms with Gasteiger partial charge in [-0.15, -0.1) is 11.3 Å². The maximum atomic E-state index is 14.2. The molecule has 1 aliphatic heterocycles. The summed E-state index contributed by atoms with van der Waals surface area (Å²) < 4.78 is 17.7. The Kier molecular flexibility index (Phi) is 6.26. The van der Waals surface area contributed by atoms with Gasteiger partial charge in [0.25, 0.3) is 0 Å². The molecule has 1 saturated heterocycles. The van der Waals surface area contributed by atoms with Crippen LogP contribution in [-0.4, -0.2) is 86.5 Å². The normalized spacial score (nSPS) is 43.7. The van der Waals surface area contributed by atoms with Gasteiger partial charge in [0.15, 0.2) is 11.4 Å². The van der Waals surface area contributed by atoms with Crippen LogP contribution in [0.2, 0.25) is 0 Å². The predicted molar refractivity (Wildman–Crippen MR) is 133 cm³/mol. The van der Waals surface area contributed by atoms with E-state index in [1.807, 2.05) is 0 Å². The molecule has 1 aromatic rings. The van der Waals surface area contributed by atoms with Gasteiger partial charge in [0.05, 0.1) is 30.1 Å². The molecular formula is C27H34O10S. The zero-order chi connectivity index (χ0) is 28.0. The van der Waals surface area contributed by atoms with Crippen molar-refractivity contribution >= 4 is 29.1 Å². The van der Waals surface area contributed by atoms with E-state index in [1.54, 1.807) is 38.3 Å². The Hall–Kier alpha value is -2.15. The minimum atomic E-state index is -2.05. The molecule has 38 heavy (non-hydrogen) atoms. The number of carbonyl (C=O) groups is 3. The van der Waals surface area contributed by atoms with Gasteiger partial charge >= 0.3 is 11.9 Å². The number of ketones is 1. The second kappa shape index (κ2) is 8.67. The van der Waals surface area contributed by atoms with Crippen LogP contribution in [0.3, 0.4) is 0 Å². The number of rotatable bonds is 3. The van der Waals surface area contributed by atoms with Crippen LogP contribution in [0.5, 0.6) is 0 Å². The van der Waals surface area contributed by atoms with E-state index in [0.29, 0.717) is 5.57 Å². The predicted octanol–water partition coefficient (Wildman–Crippen LogP) is 1.14. The number of fused-ring (bicyclic) bond motifs is 5. The molecule has 11 heteroatoms. The summed E-state index contributed by atoms with van der Waals surface area (Å²) in [5.41, 5.74) is -6.36. The molecule has 9 atom stereocenters. The quantitative estimate of drug-likeness (QED) is 0.317. The lowest BCUT2D eigenvalue weighted by Crippen LogP contribution is -2.81. The number of ether oxygens (including phenoxy) is 3. The van der Waals surface area contributed by atoms with E-state index in [1.165, 1.54) is 13.8 Å². The number of hydrogen-bond donors (Lipinski definition) is 4. The summed E-state index contributed by atoms with van der Waals surface area (Å²) in [5, 5.41) is 48.3. The molecule has 0 spiro atoms. The first-order valence-corrected chi connectivity index (χ1v) is 13.6. The van der Waals surface area contributed by atoms with Gasteiger partial charge in [-0.25, -0.2) is 4.79 Å². The van der Waals surface area contributed by atoms with E-state index in [4.69, 9.17) is 14.2 Å². The highest BCUT2D eigenvalue weighted by molar-refractivity contribution is 7.11. The average Bonchev–Trinajstić information content (AvgIpc) is 3.37. The highest BCUT2D eigenvalue weighted by Gasteiger charge is 2.77. The number of aliphatic hydroxyl groups excluding tert-OH is 3. The molecule has 5 rings (SSSR count). The topological polar surface area (TPSA) is 160 Å². The second-order valence-electron chi connectivity index (χ2n) is 11.8. The molecule has 0 aromatic carbocycles. The molecule has 0 unspecified atom stereocenters.